The number of alkyl halides is 3. The number of rotatable bonds is 9. The Labute approximate surface area is 105 Å². The second-order valence-corrected chi connectivity index (χ2v) is 4.29. The minimum atomic E-state index is -4.29. The highest BCUT2D eigenvalue weighted by Crippen LogP contribution is 2.14. The standard InChI is InChI=1S/C11H20F3NO3/c1-9(2)15(6-4-10(16)17)5-3-7-18-8-11(12,13)14/h9H,3-8H2,1-2H3,(H,16,17). The van der Waals surface area contributed by atoms with E-state index >= 15 is 0 Å². The maximum absolute atomic E-state index is 11.8. The second kappa shape index (κ2) is 8.31. The van der Waals surface area contributed by atoms with Gasteiger partial charge in [-0.2, -0.15) is 13.2 Å². The van der Waals surface area contributed by atoms with Crippen molar-refractivity contribution in [1.82, 2.24) is 4.90 Å². The molecule has 0 saturated carbocycles. The first kappa shape index (κ1) is 17.2. The number of carboxylic acids is 1. The number of hydrogen-bond donors (Lipinski definition) is 1. The summed E-state index contributed by atoms with van der Waals surface area (Å²) in [6, 6.07) is 0.159. The number of carbonyl (C=O) groups is 1. The van der Waals surface area contributed by atoms with Gasteiger partial charge < -0.3 is 14.7 Å². The third-order valence-corrected chi connectivity index (χ3v) is 2.34. The van der Waals surface area contributed by atoms with Crippen molar-refractivity contribution in [2.45, 2.75) is 38.9 Å². The van der Waals surface area contributed by atoms with Crippen molar-refractivity contribution in [2.24, 2.45) is 0 Å². The van der Waals surface area contributed by atoms with E-state index < -0.39 is 18.8 Å². The van der Waals surface area contributed by atoms with Crippen molar-refractivity contribution in [3.05, 3.63) is 0 Å². The minimum absolute atomic E-state index is 0.0236. The van der Waals surface area contributed by atoms with E-state index in [1.54, 1.807) is 0 Å². The molecule has 0 rings (SSSR count). The van der Waals surface area contributed by atoms with Crippen LogP contribution in [0.4, 0.5) is 13.2 Å². The fourth-order valence-corrected chi connectivity index (χ4v) is 1.43. The van der Waals surface area contributed by atoms with Crippen molar-refractivity contribution in [3.63, 3.8) is 0 Å². The summed E-state index contributed by atoms with van der Waals surface area (Å²) in [6.45, 7) is 3.55. The number of nitrogens with zero attached hydrogens (tertiary/aromatic N) is 1. The Morgan fingerprint density at radius 3 is 2.39 bits per heavy atom. The topological polar surface area (TPSA) is 49.8 Å². The summed E-state index contributed by atoms with van der Waals surface area (Å²) in [4.78, 5) is 12.3. The van der Waals surface area contributed by atoms with Crippen molar-refractivity contribution < 1.29 is 27.8 Å². The molecule has 7 heteroatoms. The molecule has 0 aliphatic carbocycles. The lowest BCUT2D eigenvalue weighted by atomic mass is 10.2. The van der Waals surface area contributed by atoms with Crippen LogP contribution in [0.15, 0.2) is 0 Å². The van der Waals surface area contributed by atoms with Gasteiger partial charge in [-0.25, -0.2) is 0 Å². The van der Waals surface area contributed by atoms with Gasteiger partial charge in [-0.1, -0.05) is 0 Å². The normalized spacial score (nSPS) is 12.4. The highest BCUT2D eigenvalue weighted by molar-refractivity contribution is 5.66. The van der Waals surface area contributed by atoms with Gasteiger partial charge in [0.15, 0.2) is 0 Å². The molecule has 4 nitrogen and oxygen atoms in total. The van der Waals surface area contributed by atoms with E-state index in [0.29, 0.717) is 19.5 Å². The van der Waals surface area contributed by atoms with Crippen LogP contribution in [0.25, 0.3) is 0 Å². The van der Waals surface area contributed by atoms with E-state index in [0.717, 1.165) is 0 Å². The van der Waals surface area contributed by atoms with Crippen LogP contribution in [-0.4, -0.2) is 54.5 Å². The van der Waals surface area contributed by atoms with Gasteiger partial charge in [0.05, 0.1) is 6.42 Å². The summed E-state index contributed by atoms with van der Waals surface area (Å²) in [7, 11) is 0. The molecule has 0 bridgehead atoms. The van der Waals surface area contributed by atoms with Crippen LogP contribution in [0.1, 0.15) is 26.7 Å². The number of ether oxygens (including phenoxy) is 1. The highest BCUT2D eigenvalue weighted by Gasteiger charge is 2.27. The van der Waals surface area contributed by atoms with Gasteiger partial charge in [0.1, 0.15) is 6.61 Å². The molecule has 0 aliphatic rings. The smallest absolute Gasteiger partial charge is 0.411 e. The molecule has 0 aromatic rings. The summed E-state index contributed by atoms with van der Waals surface area (Å²) in [5.41, 5.74) is 0. The van der Waals surface area contributed by atoms with E-state index in [1.807, 2.05) is 18.7 Å². The summed E-state index contributed by atoms with van der Waals surface area (Å²) in [5, 5.41) is 8.57. The maximum Gasteiger partial charge on any atom is 0.411 e. The molecule has 18 heavy (non-hydrogen) atoms. The van der Waals surface area contributed by atoms with Gasteiger partial charge >= 0.3 is 12.1 Å². The third-order valence-electron chi connectivity index (χ3n) is 2.34. The monoisotopic (exact) mass is 271 g/mol. The average Bonchev–Trinajstić information content (AvgIpc) is 2.19. The summed E-state index contributed by atoms with van der Waals surface area (Å²) in [6.07, 6.45) is -3.81. The van der Waals surface area contributed by atoms with Crippen molar-refractivity contribution in [3.8, 4) is 0 Å². The van der Waals surface area contributed by atoms with Crippen molar-refractivity contribution in [2.75, 3.05) is 26.3 Å². The Kier molecular flexibility index (Phi) is 7.93. The molecule has 0 aromatic carbocycles. The lowest BCUT2D eigenvalue weighted by molar-refractivity contribution is -0.174. The molecular formula is C11H20F3NO3. The molecule has 0 aliphatic heterocycles. The van der Waals surface area contributed by atoms with Crippen molar-refractivity contribution in [1.29, 1.82) is 0 Å². The summed E-state index contributed by atoms with van der Waals surface area (Å²) >= 11 is 0. The van der Waals surface area contributed by atoms with Crippen LogP contribution in [0.3, 0.4) is 0 Å². The Morgan fingerprint density at radius 1 is 1.33 bits per heavy atom. The molecular weight excluding hydrogens is 251 g/mol. The third kappa shape index (κ3) is 10.3. The maximum atomic E-state index is 11.8. The van der Waals surface area contributed by atoms with Gasteiger partial charge in [-0.3, -0.25) is 4.79 Å². The summed E-state index contributed by atoms with van der Waals surface area (Å²) < 4.78 is 39.8. The lowest BCUT2D eigenvalue weighted by Gasteiger charge is -2.25. The minimum Gasteiger partial charge on any atom is -0.481 e. The van der Waals surface area contributed by atoms with Crippen molar-refractivity contribution >= 4 is 5.97 Å². The Morgan fingerprint density at radius 2 is 1.94 bits per heavy atom. The molecule has 0 unspecified atom stereocenters. The average molecular weight is 271 g/mol. The first-order chi connectivity index (χ1) is 8.22. The molecule has 0 fully saturated rings. The molecule has 108 valence electrons. The van der Waals surface area contributed by atoms with Gasteiger partial charge in [0, 0.05) is 25.7 Å². The molecule has 1 N–H and O–H groups in total. The quantitative estimate of drug-likeness (QED) is 0.653. The van der Waals surface area contributed by atoms with Gasteiger partial charge in [0.2, 0.25) is 0 Å². The number of carboxylic acid groups (broad SMARTS) is 1. The molecule has 0 spiro atoms. The molecule has 0 radical (unpaired) electrons. The molecule has 0 aromatic heterocycles. The lowest BCUT2D eigenvalue weighted by Crippen LogP contribution is -2.34. The molecule has 0 atom stereocenters. The SMILES string of the molecule is CC(C)N(CCCOCC(F)(F)F)CCC(=O)O. The van der Waals surface area contributed by atoms with Crippen LogP contribution >= 0.6 is 0 Å². The summed E-state index contributed by atoms with van der Waals surface area (Å²) in [5.74, 6) is -0.881. The van der Waals surface area contributed by atoms with E-state index in [-0.39, 0.29) is 19.1 Å². The van der Waals surface area contributed by atoms with E-state index in [1.165, 1.54) is 0 Å². The molecule has 0 amide bonds. The Balaban J connectivity index is 3.74. The van der Waals surface area contributed by atoms with Gasteiger partial charge in [0.25, 0.3) is 0 Å². The van der Waals surface area contributed by atoms with E-state index in [4.69, 9.17) is 5.11 Å². The molecule has 0 saturated heterocycles. The number of halogens is 3. The van der Waals surface area contributed by atoms with Gasteiger partial charge in [-0.15, -0.1) is 0 Å². The first-order valence-corrected chi connectivity index (χ1v) is 5.82. The van der Waals surface area contributed by atoms with Crippen LogP contribution in [0, 0.1) is 0 Å². The zero-order valence-corrected chi connectivity index (χ0v) is 10.7. The van der Waals surface area contributed by atoms with Crippen LogP contribution < -0.4 is 0 Å². The first-order valence-electron chi connectivity index (χ1n) is 5.82. The Hall–Kier alpha value is -0.820. The van der Waals surface area contributed by atoms with E-state index in [2.05, 4.69) is 4.74 Å². The highest BCUT2D eigenvalue weighted by atomic mass is 19.4. The zero-order valence-electron chi connectivity index (χ0n) is 10.7. The predicted octanol–water partition coefficient (Wildman–Crippen LogP) is 2.14. The predicted molar refractivity (Wildman–Crippen MR) is 60.5 cm³/mol. The van der Waals surface area contributed by atoms with Gasteiger partial charge in [-0.05, 0) is 20.3 Å². The fraction of sp³-hybridized carbons (Fsp3) is 0.909. The fourth-order valence-electron chi connectivity index (χ4n) is 1.43. The number of aliphatic carboxylic acids is 1. The number of hydrogen-bond acceptors (Lipinski definition) is 3. The van der Waals surface area contributed by atoms with Crippen LogP contribution in [-0.2, 0) is 9.53 Å². The Bertz CT molecular complexity index is 244. The zero-order chi connectivity index (χ0) is 14.2. The second-order valence-electron chi connectivity index (χ2n) is 4.29. The molecule has 0 heterocycles. The van der Waals surface area contributed by atoms with E-state index in [9.17, 15) is 18.0 Å². The van der Waals surface area contributed by atoms with Crippen LogP contribution in [0.5, 0.6) is 0 Å². The largest absolute Gasteiger partial charge is 0.481 e. The van der Waals surface area contributed by atoms with Crippen LogP contribution in [0.2, 0.25) is 0 Å².